The topological polar surface area (TPSA) is 90.5 Å². The Balaban J connectivity index is 1.77. The minimum atomic E-state index is -0.438. The van der Waals surface area contributed by atoms with E-state index in [4.69, 9.17) is 15.2 Å². The Morgan fingerprint density at radius 1 is 1.27 bits per heavy atom. The average molecular weight is 355 g/mol. The molecule has 1 aromatic carbocycles. The Hall–Kier alpha value is -3.13. The molecule has 0 fully saturated rings. The third-order valence-corrected chi connectivity index (χ3v) is 4.17. The number of hydrogen-bond donors (Lipinski definition) is 2. The quantitative estimate of drug-likeness (QED) is 0.574. The van der Waals surface area contributed by atoms with E-state index >= 15 is 0 Å². The van der Waals surface area contributed by atoms with E-state index in [1.165, 1.54) is 6.33 Å². The fourth-order valence-corrected chi connectivity index (χ4v) is 2.97. The summed E-state index contributed by atoms with van der Waals surface area (Å²) >= 11 is 0. The van der Waals surface area contributed by atoms with Gasteiger partial charge in [0.1, 0.15) is 24.2 Å². The van der Waals surface area contributed by atoms with E-state index in [0.717, 1.165) is 16.8 Å². The molecule has 0 bridgehead atoms. The maximum Gasteiger partial charge on any atom is 0.247 e. The van der Waals surface area contributed by atoms with Gasteiger partial charge >= 0.3 is 0 Å². The van der Waals surface area contributed by atoms with Crippen molar-refractivity contribution in [3.63, 3.8) is 0 Å². The van der Waals surface area contributed by atoms with Gasteiger partial charge in [0, 0.05) is 28.7 Å². The molecule has 134 valence electrons. The number of aromatic amines is 1. The molecule has 4 aromatic rings. The number of rotatable bonds is 5. The van der Waals surface area contributed by atoms with Crippen molar-refractivity contribution >= 4 is 16.4 Å². The second kappa shape index (κ2) is 6.30. The summed E-state index contributed by atoms with van der Waals surface area (Å²) in [6.07, 6.45) is 3.08. The summed E-state index contributed by atoms with van der Waals surface area (Å²) in [5, 5.41) is 4.64. The van der Waals surface area contributed by atoms with E-state index in [1.54, 1.807) is 28.9 Å². The highest BCUT2D eigenvalue weighted by Crippen LogP contribution is 2.34. The summed E-state index contributed by atoms with van der Waals surface area (Å²) < 4.78 is 27.8. The van der Waals surface area contributed by atoms with Crippen LogP contribution in [0.4, 0.5) is 4.39 Å². The van der Waals surface area contributed by atoms with Gasteiger partial charge in [-0.2, -0.15) is 10.1 Å². The first-order valence-corrected chi connectivity index (χ1v) is 8.20. The zero-order chi connectivity index (χ0) is 18.3. The Morgan fingerprint density at radius 3 is 2.92 bits per heavy atom. The third-order valence-electron chi connectivity index (χ3n) is 4.17. The van der Waals surface area contributed by atoms with E-state index in [0.29, 0.717) is 29.8 Å². The Labute approximate surface area is 148 Å². The Morgan fingerprint density at radius 2 is 2.12 bits per heavy atom. The zero-order valence-electron chi connectivity index (χ0n) is 14.4. The molecule has 26 heavy (non-hydrogen) atoms. The lowest BCUT2D eigenvalue weighted by Gasteiger charge is -2.08. The van der Waals surface area contributed by atoms with E-state index in [1.807, 2.05) is 13.8 Å². The Bertz CT molecular complexity index is 1100. The van der Waals surface area contributed by atoms with Crippen LogP contribution in [0.5, 0.6) is 17.4 Å². The van der Waals surface area contributed by atoms with Crippen LogP contribution in [-0.4, -0.2) is 32.7 Å². The molecule has 0 atom stereocenters. The molecule has 0 aliphatic carbocycles. The van der Waals surface area contributed by atoms with Crippen LogP contribution in [0.2, 0.25) is 0 Å². The summed E-state index contributed by atoms with van der Waals surface area (Å²) in [7, 11) is 0. The number of aryl methyl sites for hydroxylation is 2. The molecule has 0 aliphatic rings. The second-order valence-electron chi connectivity index (χ2n) is 6.01. The molecule has 0 spiro atoms. The molecule has 4 rings (SSSR count). The molecular weight excluding hydrogens is 337 g/mol. The molecule has 0 aliphatic heterocycles. The van der Waals surface area contributed by atoms with Gasteiger partial charge in [0.25, 0.3) is 0 Å². The number of nitrogens with one attached hydrogen (secondary N) is 1. The molecule has 7 nitrogen and oxygen atoms in total. The van der Waals surface area contributed by atoms with Gasteiger partial charge in [-0.1, -0.05) is 0 Å². The van der Waals surface area contributed by atoms with Crippen LogP contribution >= 0.6 is 0 Å². The maximum absolute atomic E-state index is 14.8. The minimum absolute atomic E-state index is 0.0992. The predicted octanol–water partition coefficient (Wildman–Crippen LogP) is 3.10. The van der Waals surface area contributed by atoms with E-state index in [-0.39, 0.29) is 11.6 Å². The zero-order valence-corrected chi connectivity index (χ0v) is 14.4. The maximum atomic E-state index is 14.8. The lowest BCUT2D eigenvalue weighted by Crippen LogP contribution is -2.10. The van der Waals surface area contributed by atoms with Gasteiger partial charge < -0.3 is 20.2 Å². The molecule has 3 N–H and O–H groups in total. The van der Waals surface area contributed by atoms with Crippen LogP contribution in [-0.2, 0) is 0 Å². The highest BCUT2D eigenvalue weighted by atomic mass is 19.1. The van der Waals surface area contributed by atoms with E-state index in [9.17, 15) is 4.39 Å². The van der Waals surface area contributed by atoms with Crippen molar-refractivity contribution in [1.29, 1.82) is 0 Å². The summed E-state index contributed by atoms with van der Waals surface area (Å²) in [6, 6.07) is 5.10. The van der Waals surface area contributed by atoms with Crippen LogP contribution in [0.1, 0.15) is 11.3 Å². The van der Waals surface area contributed by atoms with Crippen molar-refractivity contribution < 1.29 is 13.9 Å². The van der Waals surface area contributed by atoms with Gasteiger partial charge in [0.15, 0.2) is 11.6 Å². The molecule has 0 amide bonds. The molecule has 3 aromatic heterocycles. The molecule has 0 unspecified atom stereocenters. The van der Waals surface area contributed by atoms with Crippen LogP contribution in [0.3, 0.4) is 0 Å². The largest absolute Gasteiger partial charge is 0.490 e. The number of hydrogen-bond acceptors (Lipinski definition) is 5. The minimum Gasteiger partial charge on any atom is -0.490 e. The second-order valence-corrected chi connectivity index (χ2v) is 6.01. The van der Waals surface area contributed by atoms with Crippen molar-refractivity contribution in [3.05, 3.63) is 47.8 Å². The number of ether oxygens (including phenoxy) is 2. The standard InChI is InChI=1S/C18H18FN5O2/c1-10-7-12-13(23-10)3-4-14(16(12)19)26-18-17-11(2)15(25-6-5-20)8-24(17)22-9-21-18/h3-4,7-9,23H,5-6,20H2,1-2H3. The lowest BCUT2D eigenvalue weighted by atomic mass is 10.2. The number of H-pyrrole nitrogens is 1. The number of aromatic nitrogens is 4. The van der Waals surface area contributed by atoms with Crippen molar-refractivity contribution in [2.45, 2.75) is 13.8 Å². The summed E-state index contributed by atoms with van der Waals surface area (Å²) in [5.41, 5.74) is 8.50. The molecule has 0 radical (unpaired) electrons. The molecule has 0 saturated heterocycles. The van der Waals surface area contributed by atoms with Crippen LogP contribution in [0.15, 0.2) is 30.7 Å². The fraction of sp³-hybridized carbons (Fsp3) is 0.222. The first-order chi connectivity index (χ1) is 12.6. The van der Waals surface area contributed by atoms with Crippen LogP contribution in [0, 0.1) is 19.7 Å². The van der Waals surface area contributed by atoms with Gasteiger partial charge in [-0.15, -0.1) is 0 Å². The fourth-order valence-electron chi connectivity index (χ4n) is 2.97. The monoisotopic (exact) mass is 355 g/mol. The number of nitrogens with two attached hydrogens (primary N) is 1. The highest BCUT2D eigenvalue weighted by molar-refractivity contribution is 5.83. The van der Waals surface area contributed by atoms with Crippen LogP contribution < -0.4 is 15.2 Å². The number of halogens is 1. The van der Waals surface area contributed by atoms with Gasteiger partial charge in [0.2, 0.25) is 5.88 Å². The van der Waals surface area contributed by atoms with Crippen molar-refractivity contribution in [2.24, 2.45) is 5.73 Å². The van der Waals surface area contributed by atoms with Crippen LogP contribution in [0.25, 0.3) is 16.4 Å². The van der Waals surface area contributed by atoms with Gasteiger partial charge in [-0.25, -0.2) is 8.91 Å². The van der Waals surface area contributed by atoms with Gasteiger partial charge in [0.05, 0.1) is 6.20 Å². The number of fused-ring (bicyclic) bond motifs is 2. The third kappa shape index (κ3) is 2.64. The van der Waals surface area contributed by atoms with E-state index in [2.05, 4.69) is 15.1 Å². The van der Waals surface area contributed by atoms with E-state index < -0.39 is 5.82 Å². The first-order valence-electron chi connectivity index (χ1n) is 8.20. The average Bonchev–Trinajstić information content (AvgIpc) is 3.16. The Kier molecular flexibility index (Phi) is 3.96. The molecule has 8 heteroatoms. The summed E-state index contributed by atoms with van der Waals surface area (Å²) in [6.45, 7) is 4.54. The molecule has 0 saturated carbocycles. The highest BCUT2D eigenvalue weighted by Gasteiger charge is 2.18. The summed E-state index contributed by atoms with van der Waals surface area (Å²) in [4.78, 5) is 7.27. The van der Waals surface area contributed by atoms with Crippen molar-refractivity contribution in [2.75, 3.05) is 13.2 Å². The number of benzene rings is 1. The van der Waals surface area contributed by atoms with Crippen molar-refractivity contribution in [1.82, 2.24) is 19.6 Å². The molecule has 3 heterocycles. The van der Waals surface area contributed by atoms with Crippen molar-refractivity contribution in [3.8, 4) is 17.4 Å². The summed E-state index contributed by atoms with van der Waals surface area (Å²) in [5.74, 6) is 0.554. The predicted molar refractivity (Wildman–Crippen MR) is 95.3 cm³/mol. The first kappa shape index (κ1) is 16.3. The molecular formula is C18H18FN5O2. The number of nitrogens with zero attached hydrogens (tertiary/aromatic N) is 3. The van der Waals surface area contributed by atoms with Gasteiger partial charge in [-0.3, -0.25) is 0 Å². The smallest absolute Gasteiger partial charge is 0.247 e. The van der Waals surface area contributed by atoms with Gasteiger partial charge in [-0.05, 0) is 32.0 Å². The SMILES string of the molecule is Cc1cc2c(F)c(Oc3ncnn4cc(OCCN)c(C)c34)ccc2[nH]1. The lowest BCUT2D eigenvalue weighted by molar-refractivity contribution is 0.326. The normalized spacial score (nSPS) is 11.4.